The lowest BCUT2D eigenvalue weighted by molar-refractivity contribution is -0.152. The van der Waals surface area contributed by atoms with Crippen molar-refractivity contribution in [1.29, 1.82) is 0 Å². The molecule has 90 valence electrons. The Bertz CT molecular complexity index is 439. The number of carboxylic acids is 1. The molecule has 0 radical (unpaired) electrons. The Kier molecular flexibility index (Phi) is 2.26. The molecule has 3 nitrogen and oxygen atoms in total. The van der Waals surface area contributed by atoms with Crippen molar-refractivity contribution in [1.82, 2.24) is 0 Å². The number of benzene rings is 1. The van der Waals surface area contributed by atoms with E-state index in [0.29, 0.717) is 18.8 Å². The van der Waals surface area contributed by atoms with E-state index in [1.54, 1.807) is 0 Å². The summed E-state index contributed by atoms with van der Waals surface area (Å²) in [6.45, 7) is 0. The molecule has 0 unspecified atom stereocenters. The van der Waals surface area contributed by atoms with E-state index in [1.807, 2.05) is 24.3 Å². The van der Waals surface area contributed by atoms with Crippen molar-refractivity contribution in [3.8, 4) is 0 Å². The third kappa shape index (κ3) is 1.65. The van der Waals surface area contributed by atoms with Crippen LogP contribution in [0.4, 0.5) is 0 Å². The van der Waals surface area contributed by atoms with E-state index in [4.69, 9.17) is 0 Å². The number of carbonyl (C=O) groups is 1. The third-order valence-electron chi connectivity index (χ3n) is 4.09. The topological polar surface area (TPSA) is 57.5 Å². The standard InChI is InChI=1S/C14H16O3/c15-12-7-14(8-12,13(16)17)11-5-3-10(4-6-11)9-1-2-9/h3-6,9,12,15H,1-2,7-8H2,(H,16,17). The van der Waals surface area contributed by atoms with Crippen molar-refractivity contribution in [2.24, 2.45) is 0 Å². The molecule has 2 saturated carbocycles. The molecule has 0 saturated heterocycles. The molecule has 0 aliphatic heterocycles. The summed E-state index contributed by atoms with van der Waals surface area (Å²) in [4.78, 5) is 11.4. The van der Waals surface area contributed by atoms with Crippen molar-refractivity contribution < 1.29 is 15.0 Å². The monoisotopic (exact) mass is 232 g/mol. The lowest BCUT2D eigenvalue weighted by Crippen LogP contribution is -2.50. The lowest BCUT2D eigenvalue weighted by atomic mass is 9.62. The van der Waals surface area contributed by atoms with Crippen LogP contribution in [-0.2, 0) is 10.2 Å². The second-order valence-electron chi connectivity index (χ2n) is 5.35. The van der Waals surface area contributed by atoms with Gasteiger partial charge in [-0.1, -0.05) is 24.3 Å². The Morgan fingerprint density at radius 3 is 2.18 bits per heavy atom. The number of aliphatic carboxylic acids is 1. The molecule has 1 aromatic carbocycles. The van der Waals surface area contributed by atoms with Gasteiger partial charge in [-0.15, -0.1) is 0 Å². The number of hydrogen-bond donors (Lipinski definition) is 2. The molecular weight excluding hydrogens is 216 g/mol. The minimum absolute atomic E-state index is 0.338. The van der Waals surface area contributed by atoms with Crippen LogP contribution in [0.5, 0.6) is 0 Å². The maximum absolute atomic E-state index is 11.4. The highest BCUT2D eigenvalue weighted by atomic mass is 16.4. The number of rotatable bonds is 3. The van der Waals surface area contributed by atoms with E-state index in [9.17, 15) is 15.0 Å². The van der Waals surface area contributed by atoms with Gasteiger partial charge in [0.25, 0.3) is 0 Å². The first-order valence-corrected chi connectivity index (χ1v) is 6.14. The van der Waals surface area contributed by atoms with Gasteiger partial charge in [0, 0.05) is 0 Å². The molecule has 1 aromatic rings. The zero-order chi connectivity index (χ0) is 12.0. The molecule has 3 rings (SSSR count). The van der Waals surface area contributed by atoms with Crippen LogP contribution in [0.15, 0.2) is 24.3 Å². The molecular formula is C14H16O3. The second kappa shape index (κ2) is 3.57. The van der Waals surface area contributed by atoms with E-state index >= 15 is 0 Å². The summed E-state index contributed by atoms with van der Waals surface area (Å²) in [5.74, 6) is -0.126. The molecule has 2 fully saturated rings. The van der Waals surface area contributed by atoms with Gasteiger partial charge in [-0.3, -0.25) is 4.79 Å². The SMILES string of the molecule is O=C(O)C1(c2ccc(C3CC3)cc2)CC(O)C1. The first kappa shape index (κ1) is 10.8. The molecule has 2 aliphatic carbocycles. The van der Waals surface area contributed by atoms with Gasteiger partial charge in [0.05, 0.1) is 11.5 Å². The van der Waals surface area contributed by atoms with E-state index in [0.717, 1.165) is 5.56 Å². The summed E-state index contributed by atoms with van der Waals surface area (Å²) < 4.78 is 0. The van der Waals surface area contributed by atoms with Crippen LogP contribution >= 0.6 is 0 Å². The molecule has 2 aliphatic rings. The fraction of sp³-hybridized carbons (Fsp3) is 0.500. The Hall–Kier alpha value is -1.35. The van der Waals surface area contributed by atoms with Gasteiger partial charge in [0.15, 0.2) is 0 Å². The molecule has 0 heterocycles. The summed E-state index contributed by atoms with van der Waals surface area (Å²) in [7, 11) is 0. The first-order chi connectivity index (χ1) is 8.12. The fourth-order valence-corrected chi connectivity index (χ4v) is 2.77. The predicted octanol–water partition coefficient (Wildman–Crippen LogP) is 2.04. The second-order valence-corrected chi connectivity index (χ2v) is 5.35. The van der Waals surface area contributed by atoms with Gasteiger partial charge < -0.3 is 10.2 Å². The largest absolute Gasteiger partial charge is 0.481 e. The Labute approximate surface area is 100 Å². The van der Waals surface area contributed by atoms with E-state index in [1.165, 1.54) is 18.4 Å². The van der Waals surface area contributed by atoms with E-state index in [-0.39, 0.29) is 0 Å². The van der Waals surface area contributed by atoms with Crippen LogP contribution in [-0.4, -0.2) is 22.3 Å². The van der Waals surface area contributed by atoms with Gasteiger partial charge in [0.1, 0.15) is 0 Å². The molecule has 0 bridgehead atoms. The van der Waals surface area contributed by atoms with Gasteiger partial charge >= 0.3 is 5.97 Å². The maximum Gasteiger partial charge on any atom is 0.314 e. The zero-order valence-electron chi connectivity index (χ0n) is 9.60. The van der Waals surface area contributed by atoms with Crippen LogP contribution in [0.25, 0.3) is 0 Å². The van der Waals surface area contributed by atoms with Crippen molar-refractivity contribution in [2.45, 2.75) is 43.1 Å². The van der Waals surface area contributed by atoms with Crippen LogP contribution in [0.1, 0.15) is 42.7 Å². The third-order valence-corrected chi connectivity index (χ3v) is 4.09. The number of aliphatic hydroxyl groups is 1. The predicted molar refractivity (Wildman–Crippen MR) is 63.0 cm³/mol. The van der Waals surface area contributed by atoms with Gasteiger partial charge in [-0.25, -0.2) is 0 Å². The molecule has 0 atom stereocenters. The molecule has 0 spiro atoms. The first-order valence-electron chi connectivity index (χ1n) is 6.14. The average Bonchev–Trinajstić information content (AvgIpc) is 3.08. The van der Waals surface area contributed by atoms with Gasteiger partial charge in [0.2, 0.25) is 0 Å². The quantitative estimate of drug-likeness (QED) is 0.838. The zero-order valence-corrected chi connectivity index (χ0v) is 9.60. The highest BCUT2D eigenvalue weighted by molar-refractivity contribution is 5.83. The minimum Gasteiger partial charge on any atom is -0.481 e. The molecule has 17 heavy (non-hydrogen) atoms. The summed E-state index contributed by atoms with van der Waals surface area (Å²) in [5.41, 5.74) is 1.30. The highest BCUT2D eigenvalue weighted by Crippen LogP contribution is 2.45. The highest BCUT2D eigenvalue weighted by Gasteiger charge is 2.51. The number of carboxylic acid groups (broad SMARTS) is 1. The van der Waals surface area contributed by atoms with Crippen LogP contribution in [0.3, 0.4) is 0 Å². The van der Waals surface area contributed by atoms with E-state index in [2.05, 4.69) is 0 Å². The summed E-state index contributed by atoms with van der Waals surface area (Å²) >= 11 is 0. The van der Waals surface area contributed by atoms with Crippen molar-refractivity contribution in [3.63, 3.8) is 0 Å². The summed E-state index contributed by atoms with van der Waals surface area (Å²) in [6.07, 6.45) is 2.72. The van der Waals surface area contributed by atoms with E-state index < -0.39 is 17.5 Å². The maximum atomic E-state index is 11.4. The van der Waals surface area contributed by atoms with Crippen LogP contribution in [0.2, 0.25) is 0 Å². The fourth-order valence-electron chi connectivity index (χ4n) is 2.77. The Balaban J connectivity index is 1.88. The smallest absolute Gasteiger partial charge is 0.314 e. The van der Waals surface area contributed by atoms with Crippen LogP contribution < -0.4 is 0 Å². The normalized spacial score (nSPS) is 31.9. The molecule has 2 N–H and O–H groups in total. The Morgan fingerprint density at radius 1 is 1.18 bits per heavy atom. The molecule has 0 amide bonds. The number of hydrogen-bond acceptors (Lipinski definition) is 2. The van der Waals surface area contributed by atoms with Gasteiger partial charge in [-0.2, -0.15) is 0 Å². The molecule has 0 aromatic heterocycles. The lowest BCUT2D eigenvalue weighted by Gasteiger charge is -2.42. The van der Waals surface area contributed by atoms with Crippen molar-refractivity contribution in [2.75, 3.05) is 0 Å². The summed E-state index contributed by atoms with van der Waals surface area (Å²) in [5, 5.41) is 18.7. The van der Waals surface area contributed by atoms with Crippen molar-refractivity contribution >= 4 is 5.97 Å². The minimum atomic E-state index is -0.846. The molecule has 3 heteroatoms. The van der Waals surface area contributed by atoms with Crippen LogP contribution in [0, 0.1) is 0 Å². The Morgan fingerprint density at radius 2 is 1.76 bits per heavy atom. The number of aliphatic hydroxyl groups excluding tert-OH is 1. The van der Waals surface area contributed by atoms with Crippen molar-refractivity contribution in [3.05, 3.63) is 35.4 Å². The van der Waals surface area contributed by atoms with Gasteiger partial charge in [-0.05, 0) is 42.7 Å². The average molecular weight is 232 g/mol. The summed E-state index contributed by atoms with van der Waals surface area (Å²) in [6, 6.07) is 7.94.